The van der Waals surface area contributed by atoms with Gasteiger partial charge in [0.05, 0.1) is 26.4 Å². The van der Waals surface area contributed by atoms with E-state index in [9.17, 15) is 9.50 Å². The zero-order chi connectivity index (χ0) is 15.3. The minimum atomic E-state index is -0.787. The molecule has 0 aromatic heterocycles. The Bertz CT molecular complexity index is 443. The van der Waals surface area contributed by atoms with Gasteiger partial charge in [-0.1, -0.05) is 13.8 Å². The fourth-order valence-corrected chi connectivity index (χ4v) is 2.02. The van der Waals surface area contributed by atoms with Crippen LogP contribution >= 0.6 is 12.4 Å². The molecule has 0 spiro atoms. The van der Waals surface area contributed by atoms with E-state index in [1.165, 1.54) is 26.4 Å². The summed E-state index contributed by atoms with van der Waals surface area (Å²) < 4.78 is 24.2. The molecule has 21 heavy (non-hydrogen) atoms. The van der Waals surface area contributed by atoms with Gasteiger partial charge in [0.25, 0.3) is 0 Å². The van der Waals surface area contributed by atoms with Crippen LogP contribution in [0.1, 0.15) is 38.3 Å². The molecule has 0 saturated heterocycles. The quantitative estimate of drug-likeness (QED) is 0.810. The largest absolute Gasteiger partial charge is 0.493 e. The molecule has 0 aliphatic rings. The minimum Gasteiger partial charge on any atom is -0.493 e. The molecule has 1 aromatic rings. The second-order valence-electron chi connectivity index (χ2n) is 5.29. The topological polar surface area (TPSA) is 64.7 Å². The maximum absolute atomic E-state index is 14.0. The molecule has 0 radical (unpaired) electrons. The predicted octanol–water partition coefficient (Wildman–Crippen LogP) is 3.06. The molecular weight excluding hydrogens is 297 g/mol. The molecule has 1 rings (SSSR count). The molecule has 0 heterocycles. The lowest BCUT2D eigenvalue weighted by Gasteiger charge is -2.21. The molecule has 3 N–H and O–H groups in total. The zero-order valence-electron chi connectivity index (χ0n) is 12.9. The maximum Gasteiger partial charge on any atom is 0.163 e. The van der Waals surface area contributed by atoms with Crippen LogP contribution in [0.5, 0.6) is 11.5 Å². The Morgan fingerprint density at radius 2 is 1.67 bits per heavy atom. The molecular formula is C15H25ClFNO3. The highest BCUT2D eigenvalue weighted by molar-refractivity contribution is 5.85. The molecule has 0 amide bonds. The Balaban J connectivity index is 0.00000400. The number of aliphatic hydroxyl groups is 1. The van der Waals surface area contributed by atoms with E-state index in [1.54, 1.807) is 0 Å². The molecule has 2 atom stereocenters. The molecule has 6 heteroatoms. The van der Waals surface area contributed by atoms with Gasteiger partial charge in [0.2, 0.25) is 0 Å². The first-order valence-corrected chi connectivity index (χ1v) is 6.75. The number of hydrogen-bond donors (Lipinski definition) is 2. The maximum atomic E-state index is 14.0. The van der Waals surface area contributed by atoms with E-state index in [-0.39, 0.29) is 18.0 Å². The summed E-state index contributed by atoms with van der Waals surface area (Å²) >= 11 is 0. The first-order chi connectivity index (χ1) is 9.40. The molecule has 4 nitrogen and oxygen atoms in total. The van der Waals surface area contributed by atoms with Crippen LogP contribution in [-0.4, -0.2) is 25.4 Å². The summed E-state index contributed by atoms with van der Waals surface area (Å²) in [7, 11) is 2.91. The lowest BCUT2D eigenvalue weighted by molar-refractivity contribution is 0.126. The second kappa shape index (κ2) is 9.07. The second-order valence-corrected chi connectivity index (χ2v) is 5.29. The Morgan fingerprint density at radius 1 is 1.14 bits per heavy atom. The summed E-state index contributed by atoms with van der Waals surface area (Å²) in [6.45, 7) is 4.13. The molecule has 1 aromatic carbocycles. The predicted molar refractivity (Wildman–Crippen MR) is 83.8 cm³/mol. The van der Waals surface area contributed by atoms with Gasteiger partial charge in [-0.15, -0.1) is 12.4 Å². The number of nitrogens with two attached hydrogens (primary N) is 1. The SMILES string of the molecule is COc1cc(F)c([C@@H](N)[C@@H](O)CCC(C)C)cc1OC.Cl. The van der Waals surface area contributed by atoms with Crippen molar-refractivity contribution in [2.45, 2.75) is 38.8 Å². The molecule has 0 saturated carbocycles. The van der Waals surface area contributed by atoms with Crippen LogP contribution in [0.15, 0.2) is 12.1 Å². The van der Waals surface area contributed by atoms with Gasteiger partial charge >= 0.3 is 0 Å². The lowest BCUT2D eigenvalue weighted by atomic mass is 9.95. The van der Waals surface area contributed by atoms with Gasteiger partial charge in [-0.2, -0.15) is 0 Å². The van der Waals surface area contributed by atoms with Gasteiger partial charge in [-0.3, -0.25) is 0 Å². The summed E-state index contributed by atoms with van der Waals surface area (Å²) in [6, 6.07) is 1.93. The number of benzene rings is 1. The van der Waals surface area contributed by atoms with E-state index in [4.69, 9.17) is 15.2 Å². The number of aliphatic hydroxyl groups excluding tert-OH is 1. The molecule has 0 bridgehead atoms. The Kier molecular flexibility index (Phi) is 8.63. The van der Waals surface area contributed by atoms with Crippen molar-refractivity contribution >= 4 is 12.4 Å². The van der Waals surface area contributed by atoms with E-state index in [0.717, 1.165) is 6.42 Å². The number of halogens is 2. The monoisotopic (exact) mass is 321 g/mol. The Hall–Kier alpha value is -1.04. The Morgan fingerprint density at radius 3 is 2.14 bits per heavy atom. The first-order valence-electron chi connectivity index (χ1n) is 6.75. The average Bonchev–Trinajstić information content (AvgIpc) is 2.43. The van der Waals surface area contributed by atoms with Crippen molar-refractivity contribution in [2.24, 2.45) is 11.7 Å². The summed E-state index contributed by atoms with van der Waals surface area (Å²) in [6.07, 6.45) is 0.584. The molecule has 0 aliphatic heterocycles. The van der Waals surface area contributed by atoms with Gasteiger partial charge in [0, 0.05) is 11.6 Å². The normalized spacial score (nSPS) is 13.5. The summed E-state index contributed by atoms with van der Waals surface area (Å²) in [5, 5.41) is 10.1. The smallest absolute Gasteiger partial charge is 0.163 e. The van der Waals surface area contributed by atoms with E-state index >= 15 is 0 Å². The van der Waals surface area contributed by atoms with Crippen molar-refractivity contribution in [2.75, 3.05) is 14.2 Å². The van der Waals surface area contributed by atoms with Gasteiger partial charge in [0.1, 0.15) is 5.82 Å². The van der Waals surface area contributed by atoms with E-state index in [2.05, 4.69) is 13.8 Å². The van der Waals surface area contributed by atoms with Crippen LogP contribution < -0.4 is 15.2 Å². The minimum absolute atomic E-state index is 0. The van der Waals surface area contributed by atoms with E-state index in [0.29, 0.717) is 23.8 Å². The van der Waals surface area contributed by atoms with Crippen molar-refractivity contribution in [3.8, 4) is 11.5 Å². The first kappa shape index (κ1) is 20.0. The number of hydrogen-bond acceptors (Lipinski definition) is 4. The van der Waals surface area contributed by atoms with Crippen molar-refractivity contribution in [3.05, 3.63) is 23.5 Å². The van der Waals surface area contributed by atoms with Crippen molar-refractivity contribution in [1.82, 2.24) is 0 Å². The van der Waals surface area contributed by atoms with Crippen LogP contribution in [0, 0.1) is 11.7 Å². The highest BCUT2D eigenvalue weighted by Gasteiger charge is 2.22. The van der Waals surface area contributed by atoms with Crippen molar-refractivity contribution in [3.63, 3.8) is 0 Å². The van der Waals surface area contributed by atoms with Gasteiger partial charge in [-0.25, -0.2) is 4.39 Å². The van der Waals surface area contributed by atoms with Crippen LogP contribution in [0.25, 0.3) is 0 Å². The fourth-order valence-electron chi connectivity index (χ4n) is 2.02. The highest BCUT2D eigenvalue weighted by Crippen LogP contribution is 2.33. The third kappa shape index (κ3) is 5.34. The average molecular weight is 322 g/mol. The third-order valence-electron chi connectivity index (χ3n) is 3.32. The van der Waals surface area contributed by atoms with Crippen LogP contribution in [0.2, 0.25) is 0 Å². The number of methoxy groups -OCH3 is 2. The van der Waals surface area contributed by atoms with E-state index in [1.807, 2.05) is 0 Å². The number of rotatable bonds is 7. The number of ether oxygens (including phenoxy) is 2. The van der Waals surface area contributed by atoms with E-state index < -0.39 is 18.0 Å². The Labute approximate surface area is 131 Å². The van der Waals surface area contributed by atoms with Gasteiger partial charge in [-0.05, 0) is 24.8 Å². The summed E-state index contributed by atoms with van der Waals surface area (Å²) in [4.78, 5) is 0. The zero-order valence-corrected chi connectivity index (χ0v) is 13.7. The molecule has 0 unspecified atom stereocenters. The van der Waals surface area contributed by atoms with Crippen molar-refractivity contribution in [1.29, 1.82) is 0 Å². The third-order valence-corrected chi connectivity index (χ3v) is 3.32. The molecule has 0 fully saturated rings. The molecule has 122 valence electrons. The highest BCUT2D eigenvalue weighted by atomic mass is 35.5. The van der Waals surface area contributed by atoms with Crippen LogP contribution in [0.3, 0.4) is 0 Å². The standard InChI is InChI=1S/C15H24FNO3.ClH/c1-9(2)5-6-12(18)15(17)10-7-13(19-3)14(20-4)8-11(10)16;/h7-9,12,15,18H,5-6,17H2,1-4H3;1H/t12-,15+;/m0./s1. The van der Waals surface area contributed by atoms with Crippen molar-refractivity contribution < 1.29 is 19.0 Å². The summed E-state index contributed by atoms with van der Waals surface area (Å²) in [5.41, 5.74) is 6.19. The van der Waals surface area contributed by atoms with Gasteiger partial charge < -0.3 is 20.3 Å². The van der Waals surface area contributed by atoms with Crippen LogP contribution in [-0.2, 0) is 0 Å². The molecule has 0 aliphatic carbocycles. The lowest BCUT2D eigenvalue weighted by Crippen LogP contribution is -2.27. The summed E-state index contributed by atoms with van der Waals surface area (Å²) in [5.74, 6) is 0.666. The van der Waals surface area contributed by atoms with Gasteiger partial charge in [0.15, 0.2) is 11.5 Å². The fraction of sp³-hybridized carbons (Fsp3) is 0.600. The van der Waals surface area contributed by atoms with Crippen LogP contribution in [0.4, 0.5) is 4.39 Å².